The van der Waals surface area contributed by atoms with Gasteiger partial charge in [-0.25, -0.2) is 14.3 Å². The summed E-state index contributed by atoms with van der Waals surface area (Å²) in [6.45, 7) is 6.74. The second kappa shape index (κ2) is 9.01. The molecule has 0 amide bonds. The highest BCUT2D eigenvalue weighted by molar-refractivity contribution is 7.87. The molecule has 1 saturated heterocycles. The number of halogens is 1. The lowest BCUT2D eigenvalue weighted by Crippen LogP contribution is -2.52. The number of hydrogen-bond acceptors (Lipinski definition) is 6. The lowest BCUT2D eigenvalue weighted by Gasteiger charge is -2.35. The maximum Gasteiger partial charge on any atom is 0.434 e. The van der Waals surface area contributed by atoms with Crippen molar-refractivity contribution >= 4 is 16.0 Å². The highest BCUT2D eigenvalue weighted by Crippen LogP contribution is 2.35. The molecule has 3 rings (SSSR count). The molecule has 0 radical (unpaired) electrons. The summed E-state index contributed by atoms with van der Waals surface area (Å²) in [6, 6.07) is 1.01. The van der Waals surface area contributed by atoms with Crippen molar-refractivity contribution in [3.63, 3.8) is 0 Å². The van der Waals surface area contributed by atoms with Gasteiger partial charge in [0, 0.05) is 12.5 Å². The molecule has 9 nitrogen and oxygen atoms in total. The topological polar surface area (TPSA) is 125 Å². The fourth-order valence-electron chi connectivity index (χ4n) is 4.10. The summed E-state index contributed by atoms with van der Waals surface area (Å²) in [6.07, 6.45) is 1.80. The standard InChI is InChI=1S/C20H27FN4O5S/c1-11-8-9-15(21)17(12(11)2)13(3)18(19-22-23-20(27)30-19)24-31(28,29)25-10-6-5-7-16(25)14(4)26/h8-9,13,16,18,24H,5-7,10H2,1-4H3,(H,23,27)/t13-,16-,18-/m0/s1. The van der Waals surface area contributed by atoms with Crippen LogP contribution in [0, 0.1) is 19.7 Å². The quantitative estimate of drug-likeness (QED) is 0.661. The third-order valence-electron chi connectivity index (χ3n) is 5.92. The number of rotatable bonds is 7. The molecule has 0 bridgehead atoms. The first kappa shape index (κ1) is 23.3. The van der Waals surface area contributed by atoms with Gasteiger partial charge in [-0.05, 0) is 56.4 Å². The number of nitrogens with zero attached hydrogens (tertiary/aromatic N) is 2. The van der Waals surface area contributed by atoms with Crippen LogP contribution < -0.4 is 10.5 Å². The van der Waals surface area contributed by atoms with Crippen molar-refractivity contribution < 1.29 is 22.0 Å². The van der Waals surface area contributed by atoms with E-state index < -0.39 is 39.8 Å². The fraction of sp³-hybridized carbons (Fsp3) is 0.550. The van der Waals surface area contributed by atoms with E-state index in [2.05, 4.69) is 14.9 Å². The molecule has 31 heavy (non-hydrogen) atoms. The normalized spacial score (nSPS) is 19.8. The van der Waals surface area contributed by atoms with Crippen LogP contribution >= 0.6 is 0 Å². The molecular weight excluding hydrogens is 427 g/mol. The minimum absolute atomic E-state index is 0.184. The van der Waals surface area contributed by atoms with Crippen LogP contribution in [0.1, 0.15) is 67.7 Å². The van der Waals surface area contributed by atoms with Crippen molar-refractivity contribution in [3.05, 3.63) is 51.1 Å². The SMILES string of the molecule is CC(=O)[C@@H]1CCCCN1S(=O)(=O)N[C@H](c1n[nH]c(=O)o1)[C@@H](C)c1c(F)ccc(C)c1C. The van der Waals surface area contributed by atoms with Gasteiger partial charge in [-0.3, -0.25) is 4.79 Å². The average Bonchev–Trinajstić information content (AvgIpc) is 3.15. The van der Waals surface area contributed by atoms with Crippen molar-refractivity contribution in [1.82, 2.24) is 19.2 Å². The number of benzene rings is 1. The van der Waals surface area contributed by atoms with E-state index in [4.69, 9.17) is 4.42 Å². The number of Topliss-reactive ketones (excluding diaryl/α,β-unsaturated/α-hetero) is 1. The number of carbonyl (C=O) groups is 1. The number of aromatic nitrogens is 2. The van der Waals surface area contributed by atoms with Crippen LogP contribution in [0.2, 0.25) is 0 Å². The zero-order valence-corrected chi connectivity index (χ0v) is 18.8. The van der Waals surface area contributed by atoms with Crippen molar-refractivity contribution in [3.8, 4) is 0 Å². The summed E-state index contributed by atoms with van der Waals surface area (Å²) in [4.78, 5) is 23.6. The Bertz CT molecular complexity index is 1130. The van der Waals surface area contributed by atoms with Crippen LogP contribution in [-0.2, 0) is 15.0 Å². The lowest BCUT2D eigenvalue weighted by molar-refractivity contribution is -0.121. The second-order valence-corrected chi connectivity index (χ2v) is 9.63. The molecule has 1 fully saturated rings. The molecule has 0 spiro atoms. The maximum absolute atomic E-state index is 14.8. The smallest absolute Gasteiger partial charge is 0.391 e. The fourth-order valence-corrected chi connectivity index (χ4v) is 5.82. The van der Waals surface area contributed by atoms with E-state index in [1.165, 1.54) is 13.0 Å². The third kappa shape index (κ3) is 4.78. The zero-order valence-electron chi connectivity index (χ0n) is 17.9. The maximum atomic E-state index is 14.8. The van der Waals surface area contributed by atoms with Crippen molar-refractivity contribution in [2.45, 2.75) is 65.0 Å². The Labute approximate surface area is 180 Å². The van der Waals surface area contributed by atoms with E-state index in [0.29, 0.717) is 24.0 Å². The molecule has 3 atom stereocenters. The molecule has 0 aliphatic carbocycles. The van der Waals surface area contributed by atoms with Crippen LogP contribution in [0.25, 0.3) is 0 Å². The van der Waals surface area contributed by atoms with Gasteiger partial charge in [-0.15, -0.1) is 5.10 Å². The summed E-state index contributed by atoms with van der Waals surface area (Å²) in [5, 5.41) is 5.91. The van der Waals surface area contributed by atoms with Gasteiger partial charge in [0.05, 0.1) is 6.04 Å². The Kier molecular flexibility index (Phi) is 6.77. The Hall–Kier alpha value is -2.37. The summed E-state index contributed by atoms with van der Waals surface area (Å²) in [5.74, 6) is -2.58. The molecular formula is C20H27FN4O5S. The van der Waals surface area contributed by atoms with Crippen LogP contribution in [0.15, 0.2) is 21.3 Å². The first-order chi connectivity index (χ1) is 14.5. The van der Waals surface area contributed by atoms with Gasteiger partial charge in [0.2, 0.25) is 5.89 Å². The van der Waals surface area contributed by atoms with Gasteiger partial charge < -0.3 is 4.42 Å². The molecule has 1 aromatic heterocycles. The number of piperidine rings is 1. The van der Waals surface area contributed by atoms with E-state index in [1.54, 1.807) is 19.9 Å². The summed E-state index contributed by atoms with van der Waals surface area (Å²) >= 11 is 0. The van der Waals surface area contributed by atoms with E-state index in [-0.39, 0.29) is 18.2 Å². The van der Waals surface area contributed by atoms with E-state index in [9.17, 15) is 22.4 Å². The number of carbonyl (C=O) groups excluding carboxylic acids is 1. The van der Waals surface area contributed by atoms with Crippen LogP contribution in [0.4, 0.5) is 4.39 Å². The molecule has 0 unspecified atom stereocenters. The van der Waals surface area contributed by atoms with E-state index in [1.807, 2.05) is 6.92 Å². The first-order valence-electron chi connectivity index (χ1n) is 10.1. The summed E-state index contributed by atoms with van der Waals surface area (Å²) in [5.41, 5.74) is 1.79. The molecule has 170 valence electrons. The molecule has 2 N–H and O–H groups in total. The van der Waals surface area contributed by atoms with Crippen molar-refractivity contribution in [1.29, 1.82) is 0 Å². The van der Waals surface area contributed by atoms with Gasteiger partial charge in [-0.1, -0.05) is 19.4 Å². The lowest BCUT2D eigenvalue weighted by atomic mass is 9.88. The van der Waals surface area contributed by atoms with E-state index >= 15 is 0 Å². The number of H-pyrrole nitrogens is 1. The number of nitrogens with one attached hydrogen (secondary N) is 2. The second-order valence-electron chi connectivity index (χ2n) is 7.98. The van der Waals surface area contributed by atoms with Gasteiger partial charge in [0.25, 0.3) is 10.2 Å². The minimum atomic E-state index is -4.18. The first-order valence-corrected chi connectivity index (χ1v) is 11.6. The Morgan fingerprint density at radius 2 is 2.06 bits per heavy atom. The van der Waals surface area contributed by atoms with Crippen molar-refractivity contribution in [2.75, 3.05) is 6.54 Å². The average molecular weight is 455 g/mol. The highest BCUT2D eigenvalue weighted by Gasteiger charge is 2.39. The summed E-state index contributed by atoms with van der Waals surface area (Å²) < 4.78 is 50.0. The molecule has 0 saturated carbocycles. The molecule has 11 heteroatoms. The third-order valence-corrected chi connectivity index (χ3v) is 7.52. The van der Waals surface area contributed by atoms with Gasteiger partial charge in [0.15, 0.2) is 0 Å². The molecule has 1 aliphatic rings. The Morgan fingerprint density at radius 3 is 2.68 bits per heavy atom. The summed E-state index contributed by atoms with van der Waals surface area (Å²) in [7, 11) is -4.18. The number of aryl methyl sites for hydroxylation is 1. The van der Waals surface area contributed by atoms with Gasteiger partial charge in [0.1, 0.15) is 17.6 Å². The van der Waals surface area contributed by atoms with Crippen LogP contribution in [0.5, 0.6) is 0 Å². The predicted molar refractivity (Wildman–Crippen MR) is 111 cm³/mol. The van der Waals surface area contributed by atoms with Gasteiger partial charge >= 0.3 is 5.76 Å². The zero-order chi connectivity index (χ0) is 22.9. The number of aromatic amines is 1. The molecule has 1 aromatic carbocycles. The van der Waals surface area contributed by atoms with Gasteiger partial charge in [-0.2, -0.15) is 17.4 Å². The van der Waals surface area contributed by atoms with Crippen LogP contribution in [-0.4, -0.2) is 41.3 Å². The number of ketones is 1. The molecule has 2 aromatic rings. The monoisotopic (exact) mass is 454 g/mol. The van der Waals surface area contributed by atoms with E-state index in [0.717, 1.165) is 16.3 Å². The van der Waals surface area contributed by atoms with Crippen LogP contribution in [0.3, 0.4) is 0 Å². The Morgan fingerprint density at radius 1 is 1.35 bits per heavy atom. The molecule has 1 aliphatic heterocycles. The molecule has 2 heterocycles. The minimum Gasteiger partial charge on any atom is -0.391 e. The van der Waals surface area contributed by atoms with Crippen molar-refractivity contribution in [2.24, 2.45) is 0 Å². The largest absolute Gasteiger partial charge is 0.434 e. The number of hydrogen-bond donors (Lipinski definition) is 2. The predicted octanol–water partition coefficient (Wildman–Crippen LogP) is 2.24. The highest BCUT2D eigenvalue weighted by atomic mass is 32.2. The Balaban J connectivity index is 2.04.